The van der Waals surface area contributed by atoms with Gasteiger partial charge in [0, 0.05) is 17.0 Å². The van der Waals surface area contributed by atoms with Crippen LogP contribution in [0.5, 0.6) is 5.75 Å². The molecule has 0 aromatic heterocycles. The molecule has 140 valence electrons. The molecule has 2 aliphatic rings. The van der Waals surface area contributed by atoms with Crippen LogP contribution in [0.2, 0.25) is 0 Å². The van der Waals surface area contributed by atoms with Crippen LogP contribution in [0.25, 0.3) is 10.8 Å². The van der Waals surface area contributed by atoms with E-state index in [4.69, 9.17) is 21.8 Å². The van der Waals surface area contributed by atoms with Crippen molar-refractivity contribution in [2.75, 3.05) is 13.2 Å². The van der Waals surface area contributed by atoms with Crippen molar-refractivity contribution in [2.45, 2.75) is 6.04 Å². The molecule has 5 nitrogen and oxygen atoms in total. The van der Waals surface area contributed by atoms with E-state index >= 15 is 0 Å². The lowest BCUT2D eigenvalue weighted by molar-refractivity contribution is -0.0663. The van der Waals surface area contributed by atoms with E-state index in [-0.39, 0.29) is 23.0 Å². The van der Waals surface area contributed by atoms with Gasteiger partial charge in [0.1, 0.15) is 5.75 Å². The molecule has 0 radical (unpaired) electrons. The lowest BCUT2D eigenvalue weighted by Crippen LogP contribution is -2.43. The fourth-order valence-corrected chi connectivity index (χ4v) is 4.19. The van der Waals surface area contributed by atoms with Crippen molar-refractivity contribution >= 4 is 34.0 Å². The number of thiocarbonyl (C=S) groups is 1. The van der Waals surface area contributed by atoms with Gasteiger partial charge in [-0.25, -0.2) is 5.06 Å². The first-order chi connectivity index (χ1) is 13.7. The van der Waals surface area contributed by atoms with Gasteiger partial charge >= 0.3 is 0 Å². The van der Waals surface area contributed by atoms with E-state index in [0.717, 1.165) is 22.1 Å². The van der Waals surface area contributed by atoms with Gasteiger partial charge in [-0.05, 0) is 41.2 Å². The Kier molecular flexibility index (Phi) is 4.22. The molecule has 1 saturated heterocycles. The molecule has 1 fully saturated rings. The molecule has 28 heavy (non-hydrogen) atoms. The smallest absolute Gasteiger partial charge is 0.257 e. The summed E-state index contributed by atoms with van der Waals surface area (Å²) >= 11 is 5.54. The Labute approximate surface area is 167 Å². The highest BCUT2D eigenvalue weighted by Gasteiger charge is 2.44. The Morgan fingerprint density at radius 3 is 2.64 bits per heavy atom. The van der Waals surface area contributed by atoms with Gasteiger partial charge < -0.3 is 4.74 Å². The molecule has 0 spiro atoms. The lowest BCUT2D eigenvalue weighted by Gasteiger charge is -2.33. The van der Waals surface area contributed by atoms with E-state index in [1.807, 2.05) is 36.4 Å². The van der Waals surface area contributed by atoms with Crippen LogP contribution in [-0.4, -0.2) is 29.3 Å². The van der Waals surface area contributed by atoms with Crippen LogP contribution in [0.15, 0.2) is 66.7 Å². The van der Waals surface area contributed by atoms with Gasteiger partial charge in [0.05, 0.1) is 19.3 Å². The molecule has 1 N–H and O–H groups in total. The number of carbonyl (C=O) groups excluding carboxylic acids is 1. The van der Waals surface area contributed by atoms with Gasteiger partial charge in [0.25, 0.3) is 5.91 Å². The number of fused-ring (bicyclic) bond motifs is 5. The Hall–Kier alpha value is -2.96. The van der Waals surface area contributed by atoms with Crippen molar-refractivity contribution in [3.8, 4) is 5.75 Å². The summed E-state index contributed by atoms with van der Waals surface area (Å²) in [6, 6.07) is 21.2. The fraction of sp³-hybridized carbons (Fsp3) is 0.182. The largest absolute Gasteiger partial charge is 0.493 e. The molecule has 3 aromatic rings. The quantitative estimate of drug-likeness (QED) is 0.640. The minimum Gasteiger partial charge on any atom is -0.493 e. The van der Waals surface area contributed by atoms with Crippen LogP contribution >= 0.6 is 12.2 Å². The van der Waals surface area contributed by atoms with Gasteiger partial charge in [-0.15, -0.1) is 0 Å². The topological polar surface area (TPSA) is 50.8 Å². The molecule has 0 saturated carbocycles. The van der Waals surface area contributed by atoms with E-state index < -0.39 is 0 Å². The number of hydrogen-bond donors (Lipinski definition) is 1. The zero-order chi connectivity index (χ0) is 19.1. The summed E-state index contributed by atoms with van der Waals surface area (Å²) in [6.45, 7) is 1.05. The number of carbonyl (C=O) groups is 1. The average Bonchev–Trinajstić information content (AvgIpc) is 3.18. The first-order valence-electron chi connectivity index (χ1n) is 9.19. The second kappa shape index (κ2) is 6.89. The highest BCUT2D eigenvalue weighted by atomic mass is 32.1. The van der Waals surface area contributed by atoms with Crippen molar-refractivity contribution in [2.24, 2.45) is 5.92 Å². The van der Waals surface area contributed by atoms with E-state index in [1.54, 1.807) is 17.2 Å². The lowest BCUT2D eigenvalue weighted by atomic mass is 9.88. The first-order valence-corrected chi connectivity index (χ1v) is 9.60. The van der Waals surface area contributed by atoms with Crippen LogP contribution in [-0.2, 0) is 4.84 Å². The number of rotatable bonds is 1. The number of nitrogens with one attached hydrogen (secondary N) is 1. The van der Waals surface area contributed by atoms with Crippen molar-refractivity contribution in [3.05, 3.63) is 77.9 Å². The summed E-state index contributed by atoms with van der Waals surface area (Å²) in [6.07, 6.45) is 0. The summed E-state index contributed by atoms with van der Waals surface area (Å²) < 4.78 is 5.99. The van der Waals surface area contributed by atoms with E-state index in [1.165, 1.54) is 0 Å². The van der Waals surface area contributed by atoms with Crippen molar-refractivity contribution in [1.29, 1.82) is 0 Å². The summed E-state index contributed by atoms with van der Waals surface area (Å²) in [5, 5.41) is 6.98. The number of amides is 1. The Bertz CT molecular complexity index is 1070. The SMILES string of the molecule is O=C(NC(=S)N1OC[C@H]2COc3ccc4ccccc4c3[C@H]21)c1ccccc1. The van der Waals surface area contributed by atoms with Crippen molar-refractivity contribution in [3.63, 3.8) is 0 Å². The maximum Gasteiger partial charge on any atom is 0.257 e. The normalized spacial score (nSPS) is 20.2. The van der Waals surface area contributed by atoms with E-state index in [0.29, 0.717) is 18.8 Å². The molecule has 0 unspecified atom stereocenters. The Morgan fingerprint density at radius 2 is 1.79 bits per heavy atom. The number of benzene rings is 3. The maximum absolute atomic E-state index is 12.5. The Balaban J connectivity index is 1.49. The maximum atomic E-state index is 12.5. The molecule has 2 aliphatic heterocycles. The molecular formula is C22H18N2O3S. The third kappa shape index (κ3) is 2.82. The summed E-state index contributed by atoms with van der Waals surface area (Å²) in [5.74, 6) is 0.736. The van der Waals surface area contributed by atoms with Gasteiger partial charge in [0.15, 0.2) is 0 Å². The van der Waals surface area contributed by atoms with E-state index in [9.17, 15) is 4.79 Å². The predicted molar refractivity (Wildman–Crippen MR) is 110 cm³/mol. The van der Waals surface area contributed by atoms with Crippen LogP contribution in [0.4, 0.5) is 0 Å². The van der Waals surface area contributed by atoms with Crippen LogP contribution in [0, 0.1) is 5.92 Å². The van der Waals surface area contributed by atoms with Crippen LogP contribution in [0.3, 0.4) is 0 Å². The molecular weight excluding hydrogens is 372 g/mol. The molecule has 2 atom stereocenters. The molecule has 0 bridgehead atoms. The molecule has 1 amide bonds. The van der Waals surface area contributed by atoms with Gasteiger partial charge in [-0.3, -0.25) is 14.9 Å². The average molecular weight is 390 g/mol. The molecule has 5 rings (SSSR count). The van der Waals surface area contributed by atoms with Gasteiger partial charge in [-0.2, -0.15) is 0 Å². The van der Waals surface area contributed by atoms with E-state index in [2.05, 4.69) is 23.5 Å². The van der Waals surface area contributed by atoms with Crippen LogP contribution in [0.1, 0.15) is 22.0 Å². The standard InChI is InChI=1S/C22H18N2O3S/c25-21(15-7-2-1-3-8-15)23-22(28)24-20-16(13-27-24)12-26-18-11-10-14-6-4-5-9-17(14)19(18)20/h1-11,16,20H,12-13H2,(H,23,25,28)/t16-,20+/m1/s1. The second-order valence-electron chi connectivity index (χ2n) is 6.96. The number of hydroxylamine groups is 2. The highest BCUT2D eigenvalue weighted by Crippen LogP contribution is 2.46. The number of hydrogen-bond acceptors (Lipinski definition) is 4. The zero-order valence-corrected chi connectivity index (χ0v) is 15.8. The monoisotopic (exact) mass is 390 g/mol. The summed E-state index contributed by atoms with van der Waals surface area (Å²) in [7, 11) is 0. The summed E-state index contributed by atoms with van der Waals surface area (Å²) in [4.78, 5) is 18.4. The molecule has 0 aliphatic carbocycles. The second-order valence-corrected chi connectivity index (χ2v) is 7.35. The third-order valence-corrected chi connectivity index (χ3v) is 5.54. The number of nitrogens with zero attached hydrogens (tertiary/aromatic N) is 1. The predicted octanol–water partition coefficient (Wildman–Crippen LogP) is 3.85. The van der Waals surface area contributed by atoms with Gasteiger partial charge in [0.2, 0.25) is 5.11 Å². The van der Waals surface area contributed by atoms with Crippen molar-refractivity contribution in [1.82, 2.24) is 10.4 Å². The molecule has 3 aromatic carbocycles. The van der Waals surface area contributed by atoms with Crippen molar-refractivity contribution < 1.29 is 14.4 Å². The Morgan fingerprint density at radius 1 is 1.00 bits per heavy atom. The molecule has 6 heteroatoms. The zero-order valence-electron chi connectivity index (χ0n) is 15.0. The fourth-order valence-electron chi connectivity index (χ4n) is 3.93. The third-order valence-electron chi connectivity index (χ3n) is 5.26. The first kappa shape index (κ1) is 17.2. The van der Waals surface area contributed by atoms with Gasteiger partial charge in [-0.1, -0.05) is 48.5 Å². The summed E-state index contributed by atoms with van der Waals surface area (Å²) in [5.41, 5.74) is 1.61. The molecule has 2 heterocycles. The number of ether oxygens (including phenoxy) is 1. The minimum absolute atomic E-state index is 0.0987. The highest BCUT2D eigenvalue weighted by molar-refractivity contribution is 7.80. The van der Waals surface area contributed by atoms with Crippen LogP contribution < -0.4 is 10.1 Å². The minimum atomic E-state index is -0.247.